The van der Waals surface area contributed by atoms with Crippen LogP contribution in [0.25, 0.3) is 0 Å². The Kier molecular flexibility index (Phi) is 6.03. The Morgan fingerprint density at radius 1 is 1.43 bits per heavy atom. The highest BCUT2D eigenvalue weighted by Crippen LogP contribution is 2.20. The average molecular weight is 310 g/mol. The van der Waals surface area contributed by atoms with Crippen LogP contribution in [0.3, 0.4) is 0 Å². The van der Waals surface area contributed by atoms with Crippen molar-refractivity contribution < 1.29 is 4.79 Å². The van der Waals surface area contributed by atoms with Crippen LogP contribution in [0.1, 0.15) is 31.4 Å². The van der Waals surface area contributed by atoms with Gasteiger partial charge in [0.25, 0.3) is 0 Å². The van der Waals surface area contributed by atoms with Gasteiger partial charge in [0.2, 0.25) is 5.91 Å². The van der Waals surface area contributed by atoms with E-state index in [1.807, 2.05) is 18.2 Å². The Balaban J connectivity index is 1.79. The van der Waals surface area contributed by atoms with Crippen molar-refractivity contribution in [1.82, 2.24) is 15.5 Å². The third kappa shape index (κ3) is 4.99. The number of benzene rings is 1. The first kappa shape index (κ1) is 16.3. The highest BCUT2D eigenvalue weighted by molar-refractivity contribution is 6.30. The van der Waals surface area contributed by atoms with Crippen LogP contribution in [0.2, 0.25) is 5.02 Å². The maximum atomic E-state index is 11.4. The van der Waals surface area contributed by atoms with Gasteiger partial charge in [-0.2, -0.15) is 0 Å². The molecule has 1 aromatic carbocycles. The summed E-state index contributed by atoms with van der Waals surface area (Å²) in [6.45, 7) is 4.61. The van der Waals surface area contributed by atoms with E-state index in [-0.39, 0.29) is 5.91 Å². The first-order valence-corrected chi connectivity index (χ1v) is 7.90. The third-order valence-electron chi connectivity index (χ3n) is 4.07. The molecule has 116 valence electrons. The van der Waals surface area contributed by atoms with E-state index in [0.29, 0.717) is 18.6 Å². The number of rotatable bonds is 5. The Hall–Kier alpha value is -1.10. The van der Waals surface area contributed by atoms with Crippen LogP contribution in [0.5, 0.6) is 0 Å². The normalized spacial score (nSPS) is 18.4. The van der Waals surface area contributed by atoms with Crippen molar-refractivity contribution in [3.63, 3.8) is 0 Å². The first-order chi connectivity index (χ1) is 10.1. The lowest BCUT2D eigenvalue weighted by Crippen LogP contribution is -2.46. The second kappa shape index (κ2) is 7.78. The van der Waals surface area contributed by atoms with Gasteiger partial charge in [0, 0.05) is 37.2 Å². The number of piperidine rings is 1. The molecule has 2 N–H and O–H groups in total. The fourth-order valence-corrected chi connectivity index (χ4v) is 2.96. The molecule has 1 unspecified atom stereocenters. The van der Waals surface area contributed by atoms with Crippen molar-refractivity contribution in [1.29, 1.82) is 0 Å². The summed E-state index contributed by atoms with van der Waals surface area (Å²) in [4.78, 5) is 13.6. The molecule has 0 saturated carbocycles. The van der Waals surface area contributed by atoms with Crippen molar-refractivity contribution >= 4 is 17.5 Å². The molecule has 1 amide bonds. The maximum absolute atomic E-state index is 11.4. The molecule has 21 heavy (non-hydrogen) atoms. The fraction of sp³-hybridized carbons (Fsp3) is 0.562. The number of carbonyl (C=O) groups is 1. The number of hydrogen-bond donors (Lipinski definition) is 2. The van der Waals surface area contributed by atoms with Crippen molar-refractivity contribution in [2.75, 3.05) is 26.7 Å². The SMILES string of the molecule is CNC(=O)CN1CCC(NC(C)c2cccc(Cl)c2)CC1. The summed E-state index contributed by atoms with van der Waals surface area (Å²) in [5, 5.41) is 7.12. The molecule has 1 fully saturated rings. The van der Waals surface area contributed by atoms with Crippen LogP contribution in [-0.4, -0.2) is 43.5 Å². The van der Waals surface area contributed by atoms with Crippen molar-refractivity contribution in [2.24, 2.45) is 0 Å². The fourth-order valence-electron chi connectivity index (χ4n) is 2.77. The molecule has 1 aromatic rings. The third-order valence-corrected chi connectivity index (χ3v) is 4.30. The molecule has 1 aliphatic heterocycles. The van der Waals surface area contributed by atoms with Crippen LogP contribution in [0, 0.1) is 0 Å². The van der Waals surface area contributed by atoms with Crippen LogP contribution in [0.4, 0.5) is 0 Å². The van der Waals surface area contributed by atoms with Gasteiger partial charge in [-0.05, 0) is 37.5 Å². The Morgan fingerprint density at radius 3 is 2.76 bits per heavy atom. The summed E-state index contributed by atoms with van der Waals surface area (Å²) >= 11 is 6.04. The van der Waals surface area contributed by atoms with Gasteiger partial charge in [-0.15, -0.1) is 0 Å². The van der Waals surface area contributed by atoms with Crippen molar-refractivity contribution in [2.45, 2.75) is 31.8 Å². The van der Waals surface area contributed by atoms with Crippen molar-refractivity contribution in [3.05, 3.63) is 34.9 Å². The molecule has 0 radical (unpaired) electrons. The molecule has 0 bridgehead atoms. The number of amides is 1. The van der Waals surface area contributed by atoms with Gasteiger partial charge in [-0.1, -0.05) is 23.7 Å². The van der Waals surface area contributed by atoms with Gasteiger partial charge in [0.1, 0.15) is 0 Å². The Labute approximate surface area is 131 Å². The predicted octanol–water partition coefficient (Wildman–Crippen LogP) is 2.20. The minimum Gasteiger partial charge on any atom is -0.358 e. The van der Waals surface area contributed by atoms with E-state index in [1.54, 1.807) is 7.05 Å². The molecular weight excluding hydrogens is 286 g/mol. The van der Waals surface area contributed by atoms with Crippen LogP contribution in [-0.2, 0) is 4.79 Å². The molecule has 4 nitrogen and oxygen atoms in total. The number of likely N-dealkylation sites (N-methyl/N-ethyl adjacent to an activating group) is 1. The molecule has 2 rings (SSSR count). The maximum Gasteiger partial charge on any atom is 0.233 e. The lowest BCUT2D eigenvalue weighted by molar-refractivity contribution is -0.122. The van der Waals surface area contributed by atoms with E-state index in [2.05, 4.69) is 28.5 Å². The zero-order chi connectivity index (χ0) is 15.2. The minimum absolute atomic E-state index is 0.0914. The molecule has 1 atom stereocenters. The highest BCUT2D eigenvalue weighted by Gasteiger charge is 2.21. The zero-order valence-corrected chi connectivity index (χ0v) is 13.5. The molecule has 0 spiro atoms. The minimum atomic E-state index is 0.0914. The lowest BCUT2D eigenvalue weighted by Gasteiger charge is -2.33. The number of nitrogens with zero attached hydrogens (tertiary/aromatic N) is 1. The van der Waals surface area contributed by atoms with Gasteiger partial charge in [0.15, 0.2) is 0 Å². The second-order valence-electron chi connectivity index (χ2n) is 5.67. The molecule has 5 heteroatoms. The molecule has 0 aliphatic carbocycles. The summed E-state index contributed by atoms with van der Waals surface area (Å²) in [5.41, 5.74) is 1.22. The van der Waals surface area contributed by atoms with Gasteiger partial charge < -0.3 is 10.6 Å². The summed E-state index contributed by atoms with van der Waals surface area (Å²) < 4.78 is 0. The molecule has 0 aromatic heterocycles. The first-order valence-electron chi connectivity index (χ1n) is 7.53. The van der Waals surface area contributed by atoms with Crippen LogP contribution in [0.15, 0.2) is 24.3 Å². The van der Waals surface area contributed by atoms with E-state index in [9.17, 15) is 4.79 Å². The molecule has 1 aliphatic rings. The van der Waals surface area contributed by atoms with E-state index in [0.717, 1.165) is 31.0 Å². The van der Waals surface area contributed by atoms with Crippen molar-refractivity contribution in [3.8, 4) is 0 Å². The number of nitrogens with one attached hydrogen (secondary N) is 2. The van der Waals surface area contributed by atoms with Gasteiger partial charge in [0.05, 0.1) is 6.54 Å². The van der Waals surface area contributed by atoms with E-state index < -0.39 is 0 Å². The average Bonchev–Trinajstić information content (AvgIpc) is 2.49. The smallest absolute Gasteiger partial charge is 0.233 e. The number of likely N-dealkylation sites (tertiary alicyclic amines) is 1. The van der Waals surface area contributed by atoms with Gasteiger partial charge in [-0.3, -0.25) is 9.69 Å². The molecule has 1 saturated heterocycles. The van der Waals surface area contributed by atoms with Crippen LogP contribution < -0.4 is 10.6 Å². The monoisotopic (exact) mass is 309 g/mol. The summed E-state index contributed by atoms with van der Waals surface area (Å²) in [6, 6.07) is 8.79. The molecule has 1 heterocycles. The summed E-state index contributed by atoms with van der Waals surface area (Å²) in [7, 11) is 1.68. The number of halogens is 1. The van der Waals surface area contributed by atoms with E-state index >= 15 is 0 Å². The van der Waals surface area contributed by atoms with E-state index in [4.69, 9.17) is 11.6 Å². The summed E-state index contributed by atoms with van der Waals surface area (Å²) in [5.74, 6) is 0.0914. The Morgan fingerprint density at radius 2 is 2.14 bits per heavy atom. The van der Waals surface area contributed by atoms with Gasteiger partial charge in [-0.25, -0.2) is 0 Å². The second-order valence-corrected chi connectivity index (χ2v) is 6.10. The Bertz CT molecular complexity index is 472. The van der Waals surface area contributed by atoms with Crippen LogP contribution >= 0.6 is 11.6 Å². The van der Waals surface area contributed by atoms with E-state index in [1.165, 1.54) is 5.56 Å². The standard InChI is InChI=1S/C16H24ClN3O/c1-12(13-4-3-5-14(17)10-13)19-15-6-8-20(9-7-15)11-16(21)18-2/h3-5,10,12,15,19H,6-9,11H2,1-2H3,(H,18,21). The van der Waals surface area contributed by atoms with Gasteiger partial charge >= 0.3 is 0 Å². The highest BCUT2D eigenvalue weighted by atomic mass is 35.5. The topological polar surface area (TPSA) is 44.4 Å². The number of hydrogen-bond acceptors (Lipinski definition) is 3. The zero-order valence-electron chi connectivity index (χ0n) is 12.7. The number of carbonyl (C=O) groups excluding carboxylic acids is 1. The molecular formula is C16H24ClN3O. The predicted molar refractivity (Wildman–Crippen MR) is 86.5 cm³/mol. The summed E-state index contributed by atoms with van der Waals surface area (Å²) in [6.07, 6.45) is 2.14. The lowest BCUT2D eigenvalue weighted by atomic mass is 10.0. The largest absolute Gasteiger partial charge is 0.358 e. The quantitative estimate of drug-likeness (QED) is 0.876.